The quantitative estimate of drug-likeness (QED) is 0.653. The van der Waals surface area contributed by atoms with Gasteiger partial charge in [0.25, 0.3) is 0 Å². The maximum absolute atomic E-state index is 12.3. The highest BCUT2D eigenvalue weighted by atomic mass is 16.6. The molecule has 0 saturated carbocycles. The van der Waals surface area contributed by atoms with Crippen LogP contribution in [-0.2, 0) is 0 Å². The largest absolute Gasteiger partial charge is 0.508 e. The van der Waals surface area contributed by atoms with Crippen LogP contribution in [0.5, 0.6) is 23.0 Å². The number of hydrogen-bond donors (Lipinski definition) is 3. The van der Waals surface area contributed by atoms with E-state index in [0.29, 0.717) is 17.1 Å². The van der Waals surface area contributed by atoms with Gasteiger partial charge in [-0.2, -0.15) is 0 Å². The minimum atomic E-state index is -0.458. The van der Waals surface area contributed by atoms with Gasteiger partial charge in [0.2, 0.25) is 0 Å². The van der Waals surface area contributed by atoms with Crippen LogP contribution in [0.25, 0.3) is 22.3 Å². The molecule has 7 nitrogen and oxygen atoms in total. The highest BCUT2D eigenvalue weighted by Gasteiger charge is 2.21. The maximum atomic E-state index is 12.3. The normalized spacial score (nSPS) is 16.1. The van der Waals surface area contributed by atoms with E-state index in [1.165, 1.54) is 12.1 Å². The fourth-order valence-corrected chi connectivity index (χ4v) is 2.76. The lowest BCUT2D eigenvalue weighted by Crippen LogP contribution is -2.32. The second-order valence-electron chi connectivity index (χ2n) is 5.71. The molecule has 25 heavy (non-hydrogen) atoms. The van der Waals surface area contributed by atoms with Crippen LogP contribution in [0.2, 0.25) is 0 Å². The van der Waals surface area contributed by atoms with E-state index in [4.69, 9.17) is 13.9 Å². The summed E-state index contributed by atoms with van der Waals surface area (Å²) in [5, 5.41) is 28.6. The molecule has 0 radical (unpaired) electrons. The zero-order valence-electron chi connectivity index (χ0n) is 12.9. The number of aromatic hydroxyl groups is 2. The molecule has 1 aliphatic rings. The van der Waals surface area contributed by atoms with E-state index in [1.807, 2.05) is 0 Å². The van der Waals surface area contributed by atoms with Crippen LogP contribution in [-0.4, -0.2) is 34.6 Å². The summed E-state index contributed by atoms with van der Waals surface area (Å²) < 4.78 is 16.8. The molecule has 0 fully saturated rings. The molecule has 1 aromatic heterocycles. The average Bonchev–Trinajstić information content (AvgIpc) is 2.59. The van der Waals surface area contributed by atoms with Crippen LogP contribution in [0.15, 0.2) is 45.6 Å². The van der Waals surface area contributed by atoms with Gasteiger partial charge in [-0.25, -0.2) is 0 Å². The Morgan fingerprint density at radius 2 is 1.92 bits per heavy atom. The molecule has 7 heteroatoms. The lowest BCUT2D eigenvalue weighted by atomic mass is 10.1. The van der Waals surface area contributed by atoms with Crippen molar-refractivity contribution in [1.29, 1.82) is 0 Å². The summed E-state index contributed by atoms with van der Waals surface area (Å²) in [4.78, 5) is 12.3. The first-order valence-corrected chi connectivity index (χ1v) is 7.60. The predicted molar refractivity (Wildman–Crippen MR) is 88.2 cm³/mol. The summed E-state index contributed by atoms with van der Waals surface area (Å²) in [5.41, 5.74) is 0.197. The molecule has 0 aliphatic carbocycles. The Bertz CT molecular complexity index is 1020. The van der Waals surface area contributed by atoms with Crippen molar-refractivity contribution in [1.82, 2.24) is 0 Å². The number of rotatable bonds is 2. The van der Waals surface area contributed by atoms with E-state index in [9.17, 15) is 20.1 Å². The number of phenolic OH excluding ortho intramolecular Hbond substituents is 2. The number of aliphatic hydroxyl groups excluding tert-OH is 1. The van der Waals surface area contributed by atoms with Crippen molar-refractivity contribution >= 4 is 11.0 Å². The van der Waals surface area contributed by atoms with Crippen LogP contribution in [0, 0.1) is 0 Å². The van der Waals surface area contributed by atoms with Crippen LogP contribution < -0.4 is 14.9 Å². The summed E-state index contributed by atoms with van der Waals surface area (Å²) in [5.74, 6) is 0.665. The van der Waals surface area contributed by atoms with Gasteiger partial charge in [0.05, 0.1) is 6.61 Å². The van der Waals surface area contributed by atoms with Gasteiger partial charge in [0, 0.05) is 23.8 Å². The van der Waals surface area contributed by atoms with Crippen molar-refractivity contribution in [3.05, 3.63) is 46.6 Å². The molecule has 0 bridgehead atoms. The molecule has 0 amide bonds. The van der Waals surface area contributed by atoms with Crippen molar-refractivity contribution in [2.75, 3.05) is 13.2 Å². The number of ether oxygens (including phenoxy) is 2. The molecule has 3 aromatic rings. The first-order chi connectivity index (χ1) is 12.0. The molecule has 2 aromatic carbocycles. The third-order valence-electron chi connectivity index (χ3n) is 3.94. The van der Waals surface area contributed by atoms with Gasteiger partial charge in [-0.05, 0) is 18.2 Å². The average molecular weight is 342 g/mol. The highest BCUT2D eigenvalue weighted by molar-refractivity contribution is 5.86. The summed E-state index contributed by atoms with van der Waals surface area (Å²) in [6.45, 7) is 0.0831. The number of hydrogen-bond acceptors (Lipinski definition) is 7. The van der Waals surface area contributed by atoms with E-state index < -0.39 is 11.5 Å². The van der Waals surface area contributed by atoms with Crippen LogP contribution in [0.3, 0.4) is 0 Å². The van der Waals surface area contributed by atoms with Crippen molar-refractivity contribution < 1.29 is 29.2 Å². The Morgan fingerprint density at radius 3 is 2.72 bits per heavy atom. The van der Waals surface area contributed by atoms with Gasteiger partial charge in [0.15, 0.2) is 23.0 Å². The first-order valence-electron chi connectivity index (χ1n) is 7.60. The van der Waals surface area contributed by atoms with Gasteiger partial charge in [0.1, 0.15) is 34.8 Å². The molecule has 3 N–H and O–H groups in total. The standard InChI is InChI=1S/C18H14O7/c19-7-11-8-23-14-2-1-9(3-16(14)24-11)15-6-13(22)18-12(21)4-10(20)5-17(18)25-15/h1-6,11,19-21H,7-8H2. The molecule has 1 unspecified atom stereocenters. The maximum Gasteiger partial charge on any atom is 0.197 e. The van der Waals surface area contributed by atoms with E-state index in [-0.39, 0.29) is 41.4 Å². The first kappa shape index (κ1) is 15.3. The summed E-state index contributed by atoms with van der Waals surface area (Å²) in [6, 6.07) is 8.63. The fourth-order valence-electron chi connectivity index (χ4n) is 2.76. The second kappa shape index (κ2) is 5.71. The molecule has 4 rings (SSSR count). The van der Waals surface area contributed by atoms with E-state index in [2.05, 4.69) is 0 Å². The van der Waals surface area contributed by atoms with Crippen molar-refractivity contribution in [2.45, 2.75) is 6.10 Å². The Kier molecular flexibility index (Phi) is 3.51. The molecular weight excluding hydrogens is 328 g/mol. The number of benzene rings is 2. The molecule has 128 valence electrons. The molecule has 0 saturated heterocycles. The monoisotopic (exact) mass is 342 g/mol. The van der Waals surface area contributed by atoms with E-state index in [1.54, 1.807) is 18.2 Å². The second-order valence-corrected chi connectivity index (χ2v) is 5.71. The number of fused-ring (bicyclic) bond motifs is 2. The van der Waals surface area contributed by atoms with Crippen molar-refractivity contribution in [2.24, 2.45) is 0 Å². The SMILES string of the molecule is O=c1cc(-c2ccc3c(c2)OC(CO)CO3)oc2cc(O)cc(O)c12. The van der Waals surface area contributed by atoms with Crippen molar-refractivity contribution in [3.63, 3.8) is 0 Å². The van der Waals surface area contributed by atoms with Crippen LogP contribution in [0.4, 0.5) is 0 Å². The topological polar surface area (TPSA) is 109 Å². The Hall–Kier alpha value is -3.19. The van der Waals surface area contributed by atoms with E-state index >= 15 is 0 Å². The van der Waals surface area contributed by atoms with Gasteiger partial charge in [-0.3, -0.25) is 4.79 Å². The molecular formula is C18H14O7. The van der Waals surface area contributed by atoms with Crippen molar-refractivity contribution in [3.8, 4) is 34.3 Å². The Morgan fingerprint density at radius 1 is 1.08 bits per heavy atom. The van der Waals surface area contributed by atoms with E-state index in [0.717, 1.165) is 6.07 Å². The van der Waals surface area contributed by atoms with Crippen LogP contribution >= 0.6 is 0 Å². The number of aliphatic hydroxyl groups is 1. The lowest BCUT2D eigenvalue weighted by molar-refractivity contribution is 0.0457. The minimum Gasteiger partial charge on any atom is -0.508 e. The van der Waals surface area contributed by atoms with Crippen LogP contribution in [0.1, 0.15) is 0 Å². The third kappa shape index (κ3) is 2.64. The third-order valence-corrected chi connectivity index (χ3v) is 3.94. The number of phenols is 2. The Balaban J connectivity index is 1.84. The fraction of sp³-hybridized carbons (Fsp3) is 0.167. The lowest BCUT2D eigenvalue weighted by Gasteiger charge is -2.25. The molecule has 0 spiro atoms. The highest BCUT2D eigenvalue weighted by Crippen LogP contribution is 2.37. The zero-order valence-corrected chi connectivity index (χ0v) is 12.9. The zero-order chi connectivity index (χ0) is 17.6. The predicted octanol–water partition coefficient (Wildman–Crippen LogP) is 2.00. The van der Waals surface area contributed by atoms with Gasteiger partial charge < -0.3 is 29.2 Å². The summed E-state index contributed by atoms with van der Waals surface area (Å²) in [6.07, 6.45) is -0.458. The molecule has 1 atom stereocenters. The molecule has 2 heterocycles. The van der Waals surface area contributed by atoms with Gasteiger partial charge in [-0.1, -0.05) is 0 Å². The summed E-state index contributed by atoms with van der Waals surface area (Å²) >= 11 is 0. The molecule has 1 aliphatic heterocycles. The van der Waals surface area contributed by atoms with Gasteiger partial charge in [-0.15, -0.1) is 0 Å². The smallest absolute Gasteiger partial charge is 0.197 e. The summed E-state index contributed by atoms with van der Waals surface area (Å²) in [7, 11) is 0. The van der Waals surface area contributed by atoms with Gasteiger partial charge >= 0.3 is 0 Å². The minimum absolute atomic E-state index is 0.000520. The Labute approximate surface area is 141 Å².